The van der Waals surface area contributed by atoms with Crippen LogP contribution in [0, 0.1) is 0 Å². The monoisotopic (exact) mass is 518 g/mol. The molecule has 0 bridgehead atoms. The number of carbonyl (C=O) groups excluding carboxylic acids is 2. The van der Waals surface area contributed by atoms with E-state index in [1.807, 2.05) is 0 Å². The minimum atomic E-state index is -1.59. The summed E-state index contributed by atoms with van der Waals surface area (Å²) in [5.74, 6) is -1.78. The van der Waals surface area contributed by atoms with Crippen LogP contribution >= 0.6 is 25.3 Å². The molecule has 1 fully saturated rings. The molecule has 0 aromatic heterocycles. The van der Waals surface area contributed by atoms with Gasteiger partial charge in [0.1, 0.15) is 42.5 Å². The fraction of sp³-hybridized carbons (Fsp3) is 0.636. The molecule has 190 valence electrons. The number of aromatic hydroxyl groups is 2. The summed E-state index contributed by atoms with van der Waals surface area (Å²) in [6, 6.07) is 1.03. The third-order valence-electron chi connectivity index (χ3n) is 6.05. The summed E-state index contributed by atoms with van der Waals surface area (Å²) < 4.78 is 16.2. The van der Waals surface area contributed by atoms with E-state index >= 15 is 0 Å². The van der Waals surface area contributed by atoms with Crippen LogP contribution < -0.4 is 0 Å². The minimum Gasteiger partial charge on any atom is -0.507 e. The van der Waals surface area contributed by atoms with Crippen molar-refractivity contribution in [1.82, 2.24) is 0 Å². The number of benzene rings is 1. The molecule has 0 aliphatic carbocycles. The summed E-state index contributed by atoms with van der Waals surface area (Å²) in [6.45, 7) is -1.09. The van der Waals surface area contributed by atoms with Gasteiger partial charge in [-0.2, -0.15) is 25.3 Å². The SMILES string of the molecule is O=C(CCCCC(S)CCS)OCC1OC2c3c(cc(O)c(CO)c3O)C(=O)OC2C(O)C1O. The molecule has 2 aliphatic heterocycles. The van der Waals surface area contributed by atoms with Crippen LogP contribution in [0.15, 0.2) is 6.07 Å². The van der Waals surface area contributed by atoms with Crippen molar-refractivity contribution in [3.63, 3.8) is 0 Å². The highest BCUT2D eigenvalue weighted by Crippen LogP contribution is 2.46. The molecule has 0 amide bonds. The Labute approximate surface area is 207 Å². The lowest BCUT2D eigenvalue weighted by molar-refractivity contribution is -0.237. The van der Waals surface area contributed by atoms with Crippen molar-refractivity contribution in [2.45, 2.75) is 74.5 Å². The lowest BCUT2D eigenvalue weighted by atomic mass is 9.85. The van der Waals surface area contributed by atoms with Crippen molar-refractivity contribution in [2.75, 3.05) is 12.4 Å². The van der Waals surface area contributed by atoms with E-state index in [4.69, 9.17) is 14.2 Å². The molecule has 1 aromatic rings. The van der Waals surface area contributed by atoms with E-state index in [9.17, 15) is 35.1 Å². The number of hydrogen-bond acceptors (Lipinski definition) is 12. The Bertz CT molecular complexity index is 895. The van der Waals surface area contributed by atoms with Crippen LogP contribution in [0.4, 0.5) is 0 Å². The van der Waals surface area contributed by atoms with E-state index in [1.165, 1.54) is 0 Å². The first kappa shape index (κ1) is 26.9. The smallest absolute Gasteiger partial charge is 0.339 e. The summed E-state index contributed by atoms with van der Waals surface area (Å²) in [5, 5.41) is 51.2. The zero-order chi connectivity index (χ0) is 25.0. The predicted molar refractivity (Wildman–Crippen MR) is 125 cm³/mol. The van der Waals surface area contributed by atoms with E-state index in [0.29, 0.717) is 6.42 Å². The molecule has 2 aliphatic rings. The zero-order valence-corrected chi connectivity index (χ0v) is 20.2. The van der Waals surface area contributed by atoms with Crippen molar-refractivity contribution in [2.24, 2.45) is 0 Å². The van der Waals surface area contributed by atoms with Gasteiger partial charge in [0.15, 0.2) is 6.10 Å². The van der Waals surface area contributed by atoms with Crippen LogP contribution in [-0.4, -0.2) is 79.5 Å². The van der Waals surface area contributed by atoms with Gasteiger partial charge in [-0.15, -0.1) is 0 Å². The number of esters is 2. The summed E-state index contributed by atoms with van der Waals surface area (Å²) >= 11 is 8.61. The van der Waals surface area contributed by atoms with Gasteiger partial charge in [-0.05, 0) is 31.1 Å². The van der Waals surface area contributed by atoms with E-state index in [-0.39, 0.29) is 35.0 Å². The third-order valence-corrected chi connectivity index (χ3v) is 6.83. The van der Waals surface area contributed by atoms with Gasteiger partial charge in [0.05, 0.1) is 17.7 Å². The van der Waals surface area contributed by atoms with Crippen molar-refractivity contribution >= 4 is 37.2 Å². The quantitative estimate of drug-likeness (QED) is 0.135. The number of ether oxygens (including phenoxy) is 3. The highest BCUT2D eigenvalue weighted by molar-refractivity contribution is 7.81. The van der Waals surface area contributed by atoms with E-state index < -0.39 is 60.6 Å². The second-order valence-corrected chi connectivity index (χ2v) is 9.56. The molecule has 34 heavy (non-hydrogen) atoms. The normalized spacial score (nSPS) is 26.9. The number of carbonyl (C=O) groups is 2. The first-order chi connectivity index (χ1) is 16.2. The highest BCUT2D eigenvalue weighted by Gasteiger charge is 2.52. The van der Waals surface area contributed by atoms with Crippen molar-refractivity contribution < 1.29 is 49.3 Å². The fourth-order valence-corrected chi connectivity index (χ4v) is 4.97. The van der Waals surface area contributed by atoms with Crippen LogP contribution in [0.1, 0.15) is 59.7 Å². The van der Waals surface area contributed by atoms with Crippen LogP contribution in [0.5, 0.6) is 11.5 Å². The van der Waals surface area contributed by atoms with Crippen molar-refractivity contribution in [3.8, 4) is 11.5 Å². The average molecular weight is 519 g/mol. The predicted octanol–water partition coefficient (Wildman–Crippen LogP) is 1.01. The molecule has 6 atom stereocenters. The Morgan fingerprint density at radius 3 is 2.59 bits per heavy atom. The van der Waals surface area contributed by atoms with Crippen LogP contribution in [0.25, 0.3) is 0 Å². The number of unbranched alkanes of at least 4 members (excludes halogenated alkanes) is 1. The van der Waals surface area contributed by atoms with Crippen molar-refractivity contribution in [3.05, 3.63) is 22.8 Å². The summed E-state index contributed by atoms with van der Waals surface area (Å²) in [5.41, 5.74) is -0.515. The molecule has 0 radical (unpaired) electrons. The number of phenols is 2. The van der Waals surface area contributed by atoms with Gasteiger partial charge in [0.2, 0.25) is 0 Å². The Morgan fingerprint density at radius 1 is 1.18 bits per heavy atom. The number of fused-ring (bicyclic) bond motifs is 3. The third kappa shape index (κ3) is 5.74. The average Bonchev–Trinajstić information content (AvgIpc) is 2.79. The van der Waals surface area contributed by atoms with E-state index in [1.54, 1.807) is 0 Å². The van der Waals surface area contributed by atoms with Gasteiger partial charge in [-0.1, -0.05) is 6.42 Å². The first-order valence-electron chi connectivity index (χ1n) is 11.0. The Kier molecular flexibility index (Phi) is 9.35. The van der Waals surface area contributed by atoms with E-state index in [0.717, 1.165) is 31.1 Å². The molecule has 12 heteroatoms. The van der Waals surface area contributed by atoms with Crippen LogP contribution in [0.3, 0.4) is 0 Å². The number of aliphatic hydroxyl groups is 3. The molecule has 3 rings (SSSR count). The zero-order valence-electron chi connectivity index (χ0n) is 18.4. The molecule has 10 nitrogen and oxygen atoms in total. The maximum absolute atomic E-state index is 12.4. The molecule has 1 saturated heterocycles. The fourth-order valence-electron chi connectivity index (χ4n) is 4.14. The standard InChI is InChI=1S/C22H30O10S2/c23-8-12-13(24)7-11-16(17(12)26)20-21(32-22(11)29)19(28)18(27)14(31-20)9-30-15(25)4-2-1-3-10(34)5-6-33/h7,10,14,18-21,23-24,26-28,33-34H,1-6,8-9H2. The molecule has 6 unspecified atom stereocenters. The minimum absolute atomic E-state index is 0.0899. The number of rotatable bonds is 10. The van der Waals surface area contributed by atoms with Gasteiger partial charge in [-0.3, -0.25) is 4.79 Å². The van der Waals surface area contributed by atoms with Gasteiger partial charge < -0.3 is 39.7 Å². The lowest BCUT2D eigenvalue weighted by Gasteiger charge is -2.44. The number of aliphatic hydroxyl groups excluding tert-OH is 3. The molecule has 5 N–H and O–H groups in total. The molecular weight excluding hydrogens is 488 g/mol. The molecule has 0 spiro atoms. The summed E-state index contributed by atoms with van der Waals surface area (Å²) in [6.07, 6.45) is -3.58. The summed E-state index contributed by atoms with van der Waals surface area (Å²) in [4.78, 5) is 24.5. The van der Waals surface area contributed by atoms with Crippen LogP contribution in [0.2, 0.25) is 0 Å². The van der Waals surface area contributed by atoms with E-state index in [2.05, 4.69) is 25.3 Å². The van der Waals surface area contributed by atoms with Gasteiger partial charge in [0, 0.05) is 17.2 Å². The van der Waals surface area contributed by atoms with Gasteiger partial charge in [-0.25, -0.2) is 4.79 Å². The van der Waals surface area contributed by atoms with Crippen LogP contribution in [-0.2, 0) is 25.6 Å². The molecular formula is C22H30O10S2. The molecule has 2 heterocycles. The Hall–Kier alpha value is -1.70. The molecule has 1 aromatic carbocycles. The van der Waals surface area contributed by atoms with Crippen molar-refractivity contribution in [1.29, 1.82) is 0 Å². The maximum Gasteiger partial charge on any atom is 0.339 e. The maximum atomic E-state index is 12.4. The largest absolute Gasteiger partial charge is 0.507 e. The Balaban J connectivity index is 1.66. The lowest BCUT2D eigenvalue weighted by Crippen LogP contribution is -2.58. The topological polar surface area (TPSA) is 163 Å². The number of hydrogen-bond donors (Lipinski definition) is 7. The second kappa shape index (κ2) is 11.8. The second-order valence-electron chi connectivity index (χ2n) is 8.38. The van der Waals surface area contributed by atoms with Gasteiger partial charge in [0.25, 0.3) is 0 Å². The summed E-state index contributed by atoms with van der Waals surface area (Å²) in [7, 11) is 0. The molecule has 0 saturated carbocycles. The first-order valence-corrected chi connectivity index (χ1v) is 12.2. The highest BCUT2D eigenvalue weighted by atomic mass is 32.1. The number of thiol groups is 2. The van der Waals surface area contributed by atoms with Gasteiger partial charge >= 0.3 is 11.9 Å². The Morgan fingerprint density at radius 2 is 1.91 bits per heavy atom.